The fourth-order valence-electron chi connectivity index (χ4n) is 2.37. The van der Waals surface area contributed by atoms with Crippen molar-refractivity contribution in [2.75, 3.05) is 6.61 Å². The molecule has 4 rings (SSSR count). The predicted octanol–water partition coefficient (Wildman–Crippen LogP) is 2.99. The minimum atomic E-state index is -0.172. The van der Waals surface area contributed by atoms with Crippen LogP contribution in [-0.4, -0.2) is 21.2 Å². The Balaban J connectivity index is 1.79. The van der Waals surface area contributed by atoms with Gasteiger partial charge in [-0.3, -0.25) is 4.79 Å². The van der Waals surface area contributed by atoms with E-state index in [9.17, 15) is 4.79 Å². The second kappa shape index (κ2) is 6.62. The zero-order chi connectivity index (χ0) is 17.2. The van der Waals surface area contributed by atoms with Gasteiger partial charge < -0.3 is 4.74 Å². The molecule has 0 aliphatic rings. The van der Waals surface area contributed by atoms with Gasteiger partial charge in [-0.25, -0.2) is 0 Å². The van der Waals surface area contributed by atoms with Crippen molar-refractivity contribution < 1.29 is 4.74 Å². The van der Waals surface area contributed by atoms with Crippen molar-refractivity contribution in [2.24, 2.45) is 0 Å². The summed E-state index contributed by atoms with van der Waals surface area (Å²) in [6.07, 6.45) is 3.50. The fraction of sp³-hybridized carbons (Fsp3) is 0.0556. The number of rotatable bonds is 5. The molecule has 0 unspecified atom stereocenters. The number of para-hydroxylation sites is 1. The summed E-state index contributed by atoms with van der Waals surface area (Å²) in [5.41, 5.74) is 0.665. The molecule has 0 saturated carbocycles. The average Bonchev–Trinajstić information content (AvgIpc) is 3.33. The van der Waals surface area contributed by atoms with Gasteiger partial charge in [-0.05, 0) is 23.6 Å². The van der Waals surface area contributed by atoms with Crippen LogP contribution in [0.1, 0.15) is 5.56 Å². The number of fused-ring (bicyclic) bond motifs is 1. The van der Waals surface area contributed by atoms with Crippen LogP contribution in [0.3, 0.4) is 0 Å². The topological polar surface area (TPSA) is 56.5 Å². The molecule has 0 aliphatic carbocycles. The third-order valence-corrected chi connectivity index (χ3v) is 5.31. The first-order valence-corrected chi connectivity index (χ1v) is 9.24. The fourth-order valence-corrected chi connectivity index (χ4v) is 3.92. The van der Waals surface area contributed by atoms with Gasteiger partial charge in [-0.15, -0.1) is 16.4 Å². The highest BCUT2D eigenvalue weighted by atomic mass is 32.1. The molecule has 7 heteroatoms. The van der Waals surface area contributed by atoms with Crippen LogP contribution in [0.4, 0.5) is 0 Å². The zero-order valence-corrected chi connectivity index (χ0v) is 14.7. The van der Waals surface area contributed by atoms with E-state index in [1.54, 1.807) is 17.4 Å². The van der Waals surface area contributed by atoms with Crippen molar-refractivity contribution in [1.29, 1.82) is 0 Å². The van der Waals surface area contributed by atoms with Crippen LogP contribution in [-0.2, 0) is 0 Å². The second-order valence-electron chi connectivity index (χ2n) is 5.16. The molecule has 0 spiro atoms. The molecule has 0 amide bonds. The predicted molar refractivity (Wildman–Crippen MR) is 101 cm³/mol. The molecule has 3 aromatic heterocycles. The van der Waals surface area contributed by atoms with E-state index >= 15 is 0 Å². The number of ether oxygens (including phenoxy) is 1. The Morgan fingerprint density at radius 2 is 2.12 bits per heavy atom. The maximum Gasteiger partial charge on any atom is 0.291 e. The van der Waals surface area contributed by atoms with Crippen LogP contribution in [0.2, 0.25) is 0 Å². The molecule has 0 N–H and O–H groups in total. The van der Waals surface area contributed by atoms with Gasteiger partial charge in [0.2, 0.25) is 4.96 Å². The van der Waals surface area contributed by atoms with Crippen molar-refractivity contribution in [1.82, 2.24) is 14.6 Å². The van der Waals surface area contributed by atoms with E-state index in [-0.39, 0.29) is 5.56 Å². The lowest BCUT2D eigenvalue weighted by atomic mass is 10.2. The summed E-state index contributed by atoms with van der Waals surface area (Å²) in [5, 5.41) is 6.30. The summed E-state index contributed by atoms with van der Waals surface area (Å²) < 4.78 is 7.57. The number of aromatic nitrogens is 3. The quantitative estimate of drug-likeness (QED) is 0.509. The minimum absolute atomic E-state index is 0.172. The third kappa shape index (κ3) is 2.99. The Morgan fingerprint density at radius 3 is 2.88 bits per heavy atom. The lowest BCUT2D eigenvalue weighted by Crippen LogP contribution is -2.23. The summed E-state index contributed by atoms with van der Waals surface area (Å²) in [7, 11) is 0. The van der Waals surface area contributed by atoms with Gasteiger partial charge in [0.05, 0.1) is 9.41 Å². The van der Waals surface area contributed by atoms with E-state index < -0.39 is 0 Å². The maximum atomic E-state index is 12.6. The smallest absolute Gasteiger partial charge is 0.291 e. The van der Waals surface area contributed by atoms with Crippen LogP contribution < -0.4 is 14.8 Å². The van der Waals surface area contributed by atoms with E-state index in [1.165, 1.54) is 15.9 Å². The number of nitrogens with zero attached hydrogens (tertiary/aromatic N) is 3. The van der Waals surface area contributed by atoms with Crippen molar-refractivity contribution in [3.8, 4) is 16.5 Å². The molecule has 124 valence electrons. The molecule has 1 aromatic carbocycles. The largest absolute Gasteiger partial charge is 0.489 e. The molecule has 0 fully saturated rings. The summed E-state index contributed by atoms with van der Waals surface area (Å²) in [5.74, 6) is 1.29. The van der Waals surface area contributed by atoms with Crippen LogP contribution in [0.15, 0.2) is 59.2 Å². The highest BCUT2D eigenvalue weighted by Gasteiger charge is 2.12. The first kappa shape index (κ1) is 15.7. The summed E-state index contributed by atoms with van der Waals surface area (Å²) in [4.78, 5) is 18.6. The van der Waals surface area contributed by atoms with E-state index in [2.05, 4.69) is 16.7 Å². The first-order valence-electron chi connectivity index (χ1n) is 7.54. The van der Waals surface area contributed by atoms with Crippen LogP contribution in [0.5, 0.6) is 5.75 Å². The molecule has 25 heavy (non-hydrogen) atoms. The number of hydrogen-bond acceptors (Lipinski definition) is 6. The van der Waals surface area contributed by atoms with Crippen LogP contribution in [0.25, 0.3) is 21.7 Å². The Morgan fingerprint density at radius 1 is 1.24 bits per heavy atom. The van der Waals surface area contributed by atoms with Crippen molar-refractivity contribution in [2.45, 2.75) is 0 Å². The SMILES string of the molecule is C=CCOc1ccccc1/C=c1\sc2nc(-c3cccs3)nn2c1=O. The highest BCUT2D eigenvalue weighted by molar-refractivity contribution is 7.15. The van der Waals surface area contributed by atoms with Crippen molar-refractivity contribution >= 4 is 33.7 Å². The molecule has 0 saturated heterocycles. The molecule has 5 nitrogen and oxygen atoms in total. The van der Waals surface area contributed by atoms with Crippen LogP contribution in [0, 0.1) is 0 Å². The lowest BCUT2D eigenvalue weighted by molar-refractivity contribution is 0.362. The summed E-state index contributed by atoms with van der Waals surface area (Å²) in [6.45, 7) is 4.06. The normalized spacial score (nSPS) is 11.9. The molecule has 0 aliphatic heterocycles. The maximum absolute atomic E-state index is 12.6. The Labute approximate surface area is 151 Å². The second-order valence-corrected chi connectivity index (χ2v) is 7.12. The van der Waals surface area contributed by atoms with Gasteiger partial charge in [-0.1, -0.05) is 48.3 Å². The van der Waals surface area contributed by atoms with E-state index in [1.807, 2.05) is 47.9 Å². The first-order chi connectivity index (χ1) is 12.3. The van der Waals surface area contributed by atoms with Crippen LogP contribution >= 0.6 is 22.7 Å². The van der Waals surface area contributed by atoms with Crippen molar-refractivity contribution in [3.63, 3.8) is 0 Å². The summed E-state index contributed by atoms with van der Waals surface area (Å²) >= 11 is 2.87. The molecule has 3 heterocycles. The van der Waals surface area contributed by atoms with E-state index in [0.29, 0.717) is 27.7 Å². The van der Waals surface area contributed by atoms with Gasteiger partial charge in [0, 0.05) is 5.56 Å². The molecular weight excluding hydrogens is 354 g/mol. The Kier molecular flexibility index (Phi) is 4.17. The number of benzene rings is 1. The van der Waals surface area contributed by atoms with Gasteiger partial charge in [0.25, 0.3) is 5.56 Å². The van der Waals surface area contributed by atoms with Gasteiger partial charge in [0.15, 0.2) is 5.82 Å². The molecule has 0 atom stereocenters. The lowest BCUT2D eigenvalue weighted by Gasteiger charge is -2.05. The monoisotopic (exact) mass is 367 g/mol. The van der Waals surface area contributed by atoms with Crippen molar-refractivity contribution in [3.05, 3.63) is 74.9 Å². The van der Waals surface area contributed by atoms with Gasteiger partial charge in [-0.2, -0.15) is 9.50 Å². The standard InChI is InChI=1S/C18H13N3O2S2/c1-2-9-23-13-7-4-3-6-12(13)11-15-17(22)21-18(25-15)19-16(20-21)14-8-5-10-24-14/h2-8,10-11H,1,9H2/b15-11-. The van der Waals surface area contributed by atoms with E-state index in [4.69, 9.17) is 4.74 Å². The zero-order valence-electron chi connectivity index (χ0n) is 13.1. The molecule has 0 bridgehead atoms. The van der Waals surface area contributed by atoms with E-state index in [0.717, 1.165) is 10.4 Å². The summed E-state index contributed by atoms with van der Waals surface area (Å²) in [6, 6.07) is 11.4. The number of thiazole rings is 1. The van der Waals surface area contributed by atoms with Gasteiger partial charge >= 0.3 is 0 Å². The molecular formula is C18H13N3O2S2. The Hall–Kier alpha value is -2.77. The third-order valence-electron chi connectivity index (χ3n) is 3.49. The minimum Gasteiger partial charge on any atom is -0.489 e. The molecule has 0 radical (unpaired) electrons. The average molecular weight is 367 g/mol. The highest BCUT2D eigenvalue weighted by Crippen LogP contribution is 2.22. The number of thiophene rings is 1. The van der Waals surface area contributed by atoms with Gasteiger partial charge in [0.1, 0.15) is 12.4 Å². The number of hydrogen-bond donors (Lipinski definition) is 0. The molecule has 4 aromatic rings. The Bertz CT molecular complexity index is 1140.